The zero-order valence-corrected chi connectivity index (χ0v) is 11.6. The van der Waals surface area contributed by atoms with Gasteiger partial charge in [0.25, 0.3) is 0 Å². The largest absolute Gasteiger partial charge is 0.508 e. The first-order chi connectivity index (χ1) is 9.52. The fraction of sp³-hybridized carbons (Fsp3) is 0.176. The molecule has 2 aromatic rings. The van der Waals surface area contributed by atoms with Crippen LogP contribution < -0.4 is 4.74 Å². The van der Waals surface area contributed by atoms with E-state index in [0.29, 0.717) is 0 Å². The summed E-state index contributed by atoms with van der Waals surface area (Å²) in [6.07, 6.45) is 3.90. The van der Waals surface area contributed by atoms with Gasteiger partial charge in [0, 0.05) is 6.07 Å². The smallest absolute Gasteiger partial charge is 0.119 e. The molecule has 0 unspecified atom stereocenters. The normalized spacial score (nSPS) is 11.2. The van der Waals surface area contributed by atoms with Crippen molar-refractivity contribution in [3.8, 4) is 17.2 Å². The van der Waals surface area contributed by atoms with Crippen molar-refractivity contribution in [1.29, 1.82) is 0 Å². The van der Waals surface area contributed by atoms with Gasteiger partial charge in [0.1, 0.15) is 17.2 Å². The van der Waals surface area contributed by atoms with Gasteiger partial charge in [-0.15, -0.1) is 0 Å². The van der Waals surface area contributed by atoms with Gasteiger partial charge < -0.3 is 14.9 Å². The molecule has 0 fully saturated rings. The second kappa shape index (κ2) is 6.15. The summed E-state index contributed by atoms with van der Waals surface area (Å²) >= 11 is 0. The Morgan fingerprint density at radius 3 is 1.95 bits per heavy atom. The van der Waals surface area contributed by atoms with E-state index in [9.17, 15) is 10.2 Å². The number of hydrogen-bond donors (Lipinski definition) is 2. The number of phenols is 2. The highest BCUT2D eigenvalue weighted by Crippen LogP contribution is 2.22. The van der Waals surface area contributed by atoms with Crippen LogP contribution in [0.3, 0.4) is 0 Å². The highest BCUT2D eigenvalue weighted by atomic mass is 16.5. The number of aromatic hydroxyl groups is 2. The van der Waals surface area contributed by atoms with Crippen LogP contribution >= 0.6 is 0 Å². The number of hydrogen-bond acceptors (Lipinski definition) is 3. The van der Waals surface area contributed by atoms with Crippen LogP contribution in [-0.4, -0.2) is 16.3 Å². The number of benzene rings is 2. The van der Waals surface area contributed by atoms with Crippen molar-refractivity contribution in [1.82, 2.24) is 0 Å². The summed E-state index contributed by atoms with van der Waals surface area (Å²) in [4.78, 5) is 0. The quantitative estimate of drug-likeness (QED) is 0.824. The molecular weight excluding hydrogens is 252 g/mol. The lowest BCUT2D eigenvalue weighted by molar-refractivity contribution is 0.242. The van der Waals surface area contributed by atoms with Crippen LogP contribution in [0.15, 0.2) is 42.5 Å². The Morgan fingerprint density at radius 1 is 0.850 bits per heavy atom. The minimum atomic E-state index is 0.0466. The maximum atomic E-state index is 9.40. The van der Waals surface area contributed by atoms with E-state index in [1.807, 2.05) is 50.3 Å². The van der Waals surface area contributed by atoms with Crippen LogP contribution in [0.5, 0.6) is 17.2 Å². The van der Waals surface area contributed by atoms with Gasteiger partial charge in [-0.05, 0) is 49.2 Å². The molecule has 0 spiro atoms. The standard InChI is InChI=1S/C17H18O3/c1-12(2)20-17-7-5-13(6-8-17)3-4-14-9-15(18)11-16(19)10-14/h3-12,18-19H,1-2H3/b4-3+. The van der Waals surface area contributed by atoms with Crippen molar-refractivity contribution < 1.29 is 14.9 Å². The van der Waals surface area contributed by atoms with Crippen LogP contribution in [0.4, 0.5) is 0 Å². The van der Waals surface area contributed by atoms with E-state index in [1.165, 1.54) is 6.07 Å². The molecule has 0 aromatic heterocycles. The summed E-state index contributed by atoms with van der Waals surface area (Å²) in [5, 5.41) is 18.8. The molecule has 0 saturated heterocycles. The van der Waals surface area contributed by atoms with E-state index in [1.54, 1.807) is 12.1 Å². The molecule has 0 heterocycles. The molecule has 0 radical (unpaired) electrons. The predicted molar refractivity (Wildman–Crippen MR) is 80.9 cm³/mol. The second-order valence-corrected chi connectivity index (χ2v) is 4.85. The van der Waals surface area contributed by atoms with Gasteiger partial charge in [-0.3, -0.25) is 0 Å². The Balaban J connectivity index is 2.11. The van der Waals surface area contributed by atoms with E-state index >= 15 is 0 Å². The molecule has 2 rings (SSSR count). The van der Waals surface area contributed by atoms with Crippen molar-refractivity contribution in [3.05, 3.63) is 53.6 Å². The molecule has 3 heteroatoms. The Morgan fingerprint density at radius 2 is 1.40 bits per heavy atom. The van der Waals surface area contributed by atoms with E-state index in [-0.39, 0.29) is 17.6 Å². The summed E-state index contributed by atoms with van der Waals surface area (Å²) in [6.45, 7) is 3.98. The molecule has 0 saturated carbocycles. The van der Waals surface area contributed by atoms with Crippen LogP contribution in [0.2, 0.25) is 0 Å². The van der Waals surface area contributed by atoms with Crippen molar-refractivity contribution in [2.75, 3.05) is 0 Å². The lowest BCUT2D eigenvalue weighted by Gasteiger charge is -2.09. The topological polar surface area (TPSA) is 49.7 Å². The summed E-state index contributed by atoms with van der Waals surface area (Å²) < 4.78 is 5.57. The van der Waals surface area contributed by atoms with Crippen LogP contribution in [-0.2, 0) is 0 Å². The van der Waals surface area contributed by atoms with E-state index in [0.717, 1.165) is 16.9 Å². The summed E-state index contributed by atoms with van der Waals surface area (Å²) in [5.41, 5.74) is 1.76. The third-order valence-corrected chi connectivity index (χ3v) is 2.64. The number of rotatable bonds is 4. The van der Waals surface area contributed by atoms with E-state index in [4.69, 9.17) is 4.74 Å². The molecule has 104 valence electrons. The molecule has 0 aliphatic carbocycles. The highest BCUT2D eigenvalue weighted by molar-refractivity contribution is 5.71. The first kappa shape index (κ1) is 14.0. The molecule has 2 aromatic carbocycles. The van der Waals surface area contributed by atoms with Gasteiger partial charge >= 0.3 is 0 Å². The van der Waals surface area contributed by atoms with Crippen LogP contribution in [0, 0.1) is 0 Å². The Labute approximate surface area is 118 Å². The van der Waals surface area contributed by atoms with Gasteiger partial charge in [-0.25, -0.2) is 0 Å². The monoisotopic (exact) mass is 270 g/mol. The van der Waals surface area contributed by atoms with Gasteiger partial charge in [0.05, 0.1) is 6.10 Å². The average molecular weight is 270 g/mol. The Bertz CT molecular complexity index is 578. The number of phenolic OH excluding ortho intramolecular Hbond substituents is 2. The molecule has 0 aliphatic heterocycles. The van der Waals surface area contributed by atoms with Crippen LogP contribution in [0.1, 0.15) is 25.0 Å². The van der Waals surface area contributed by atoms with Crippen LogP contribution in [0.25, 0.3) is 12.2 Å². The maximum Gasteiger partial charge on any atom is 0.119 e. The number of ether oxygens (including phenoxy) is 1. The zero-order valence-electron chi connectivity index (χ0n) is 11.6. The van der Waals surface area contributed by atoms with Gasteiger partial charge in [0.15, 0.2) is 0 Å². The molecule has 0 amide bonds. The van der Waals surface area contributed by atoms with Crippen molar-refractivity contribution >= 4 is 12.2 Å². The van der Waals surface area contributed by atoms with Gasteiger partial charge in [-0.2, -0.15) is 0 Å². The fourth-order valence-electron chi connectivity index (χ4n) is 1.84. The molecule has 0 atom stereocenters. The SMILES string of the molecule is CC(C)Oc1ccc(/C=C/c2cc(O)cc(O)c2)cc1. The Hall–Kier alpha value is -2.42. The van der Waals surface area contributed by atoms with Crippen molar-refractivity contribution in [2.45, 2.75) is 20.0 Å². The van der Waals surface area contributed by atoms with Gasteiger partial charge in [-0.1, -0.05) is 24.3 Å². The first-order valence-electron chi connectivity index (χ1n) is 6.51. The predicted octanol–water partition coefficient (Wildman–Crippen LogP) is 4.06. The van der Waals surface area contributed by atoms with Crippen molar-refractivity contribution in [2.24, 2.45) is 0 Å². The molecular formula is C17H18O3. The maximum absolute atomic E-state index is 9.40. The van der Waals surface area contributed by atoms with E-state index in [2.05, 4.69) is 0 Å². The van der Waals surface area contributed by atoms with Crippen molar-refractivity contribution in [3.63, 3.8) is 0 Å². The average Bonchev–Trinajstić information content (AvgIpc) is 2.36. The third kappa shape index (κ3) is 4.05. The lowest BCUT2D eigenvalue weighted by Crippen LogP contribution is -2.05. The summed E-state index contributed by atoms with van der Waals surface area (Å²) in [6, 6.07) is 12.2. The van der Waals surface area contributed by atoms with E-state index < -0.39 is 0 Å². The minimum absolute atomic E-state index is 0.0466. The molecule has 0 aliphatic rings. The molecule has 0 bridgehead atoms. The fourth-order valence-corrected chi connectivity index (χ4v) is 1.84. The molecule has 3 nitrogen and oxygen atoms in total. The molecule has 20 heavy (non-hydrogen) atoms. The Kier molecular flexibility index (Phi) is 4.31. The first-order valence-corrected chi connectivity index (χ1v) is 6.51. The third-order valence-electron chi connectivity index (χ3n) is 2.64. The summed E-state index contributed by atoms with van der Waals surface area (Å²) in [7, 11) is 0. The minimum Gasteiger partial charge on any atom is -0.508 e. The van der Waals surface area contributed by atoms with Gasteiger partial charge in [0.2, 0.25) is 0 Å². The second-order valence-electron chi connectivity index (χ2n) is 4.85. The summed E-state index contributed by atoms with van der Waals surface area (Å²) in [5.74, 6) is 0.933. The molecule has 2 N–H and O–H groups in total. The lowest BCUT2D eigenvalue weighted by atomic mass is 10.1. The zero-order chi connectivity index (χ0) is 14.5. The highest BCUT2D eigenvalue weighted by Gasteiger charge is 1.98.